The predicted molar refractivity (Wildman–Crippen MR) is 69.8 cm³/mol. The van der Waals surface area contributed by atoms with E-state index in [1.54, 1.807) is 0 Å². The van der Waals surface area contributed by atoms with E-state index in [1.165, 1.54) is 12.8 Å². The number of hydrogen-bond acceptors (Lipinski definition) is 5. The van der Waals surface area contributed by atoms with Crippen molar-refractivity contribution in [2.75, 3.05) is 17.3 Å². The first-order valence-electron chi connectivity index (χ1n) is 6.28. The summed E-state index contributed by atoms with van der Waals surface area (Å²) >= 11 is 0. The number of nitrogens with one attached hydrogen (secondary N) is 2. The van der Waals surface area contributed by atoms with Crippen molar-refractivity contribution in [2.45, 2.75) is 39.0 Å². The molecule has 1 aliphatic carbocycles. The molecule has 0 bridgehead atoms. The maximum atomic E-state index is 5.42. The second-order valence-corrected chi connectivity index (χ2v) is 5.02. The van der Waals surface area contributed by atoms with E-state index in [2.05, 4.69) is 34.6 Å². The second-order valence-electron chi connectivity index (χ2n) is 5.02. The third-order valence-corrected chi connectivity index (χ3v) is 2.86. The zero-order valence-corrected chi connectivity index (χ0v) is 10.5. The van der Waals surface area contributed by atoms with Crippen LogP contribution in [0.1, 0.15) is 44.9 Å². The Labute approximate surface area is 102 Å². The molecule has 94 valence electrons. The van der Waals surface area contributed by atoms with Gasteiger partial charge in [0.25, 0.3) is 0 Å². The molecule has 1 saturated carbocycles. The maximum Gasteiger partial charge on any atom is 0.145 e. The van der Waals surface area contributed by atoms with E-state index in [-0.39, 0.29) is 0 Å². The first-order valence-corrected chi connectivity index (χ1v) is 6.28. The number of anilines is 2. The van der Waals surface area contributed by atoms with Crippen LogP contribution >= 0.6 is 0 Å². The number of rotatable bonds is 6. The van der Waals surface area contributed by atoms with Crippen molar-refractivity contribution >= 4 is 11.6 Å². The molecule has 1 aromatic rings. The van der Waals surface area contributed by atoms with Gasteiger partial charge in [0.15, 0.2) is 0 Å². The summed E-state index contributed by atoms with van der Waals surface area (Å²) in [5.41, 5.74) is 2.60. The van der Waals surface area contributed by atoms with Crippen LogP contribution < -0.4 is 16.6 Å². The minimum atomic E-state index is 0.536. The molecule has 1 aromatic heterocycles. The third kappa shape index (κ3) is 3.56. The van der Waals surface area contributed by atoms with Crippen molar-refractivity contribution in [3.8, 4) is 0 Å². The van der Waals surface area contributed by atoms with Gasteiger partial charge >= 0.3 is 0 Å². The van der Waals surface area contributed by atoms with Crippen LogP contribution in [0.5, 0.6) is 0 Å². The molecule has 0 saturated heterocycles. The third-order valence-electron chi connectivity index (χ3n) is 2.86. The minimum absolute atomic E-state index is 0.536. The summed E-state index contributed by atoms with van der Waals surface area (Å²) in [4.78, 5) is 8.89. The highest BCUT2D eigenvalue weighted by Gasteiger charge is 2.27. The molecule has 2 rings (SSSR count). The van der Waals surface area contributed by atoms with Gasteiger partial charge in [-0.25, -0.2) is 15.8 Å². The standard InChI is InChI=1S/C12H21N5/c1-8(2)5-6-14-10-7-11(17-13)16-12(15-10)9-3-4-9/h7-9H,3-6,13H2,1-2H3,(H2,14,15,16,17). The van der Waals surface area contributed by atoms with E-state index in [0.29, 0.717) is 17.7 Å². The normalized spacial score (nSPS) is 15.1. The van der Waals surface area contributed by atoms with Gasteiger partial charge in [-0.05, 0) is 25.2 Å². The topological polar surface area (TPSA) is 75.9 Å². The van der Waals surface area contributed by atoms with E-state index in [4.69, 9.17) is 5.84 Å². The van der Waals surface area contributed by atoms with Gasteiger partial charge in [0, 0.05) is 18.5 Å². The van der Waals surface area contributed by atoms with Crippen molar-refractivity contribution in [3.63, 3.8) is 0 Å². The molecule has 1 heterocycles. The Morgan fingerprint density at radius 1 is 1.35 bits per heavy atom. The Morgan fingerprint density at radius 3 is 2.65 bits per heavy atom. The van der Waals surface area contributed by atoms with Gasteiger partial charge in [0.05, 0.1) is 0 Å². The Hall–Kier alpha value is -1.36. The Morgan fingerprint density at radius 2 is 2.06 bits per heavy atom. The number of hydrogen-bond donors (Lipinski definition) is 3. The fraction of sp³-hybridized carbons (Fsp3) is 0.667. The van der Waals surface area contributed by atoms with Gasteiger partial charge < -0.3 is 10.7 Å². The lowest BCUT2D eigenvalue weighted by atomic mass is 10.1. The first-order chi connectivity index (χ1) is 8.19. The Kier molecular flexibility index (Phi) is 3.78. The first kappa shape index (κ1) is 12.1. The van der Waals surface area contributed by atoms with E-state index in [0.717, 1.165) is 24.6 Å². The summed E-state index contributed by atoms with van der Waals surface area (Å²) < 4.78 is 0. The van der Waals surface area contributed by atoms with Gasteiger partial charge in [-0.3, -0.25) is 0 Å². The number of nitrogen functional groups attached to an aromatic ring is 1. The second kappa shape index (κ2) is 5.31. The number of nitrogens with two attached hydrogens (primary N) is 1. The largest absolute Gasteiger partial charge is 0.370 e. The fourth-order valence-electron chi connectivity index (χ4n) is 1.64. The van der Waals surface area contributed by atoms with E-state index in [1.807, 2.05) is 6.07 Å². The average Bonchev–Trinajstić information content (AvgIpc) is 3.12. The molecule has 0 atom stereocenters. The summed E-state index contributed by atoms with van der Waals surface area (Å²) in [7, 11) is 0. The van der Waals surface area contributed by atoms with Crippen LogP contribution in [0.3, 0.4) is 0 Å². The van der Waals surface area contributed by atoms with Gasteiger partial charge in [0.1, 0.15) is 17.5 Å². The molecule has 5 heteroatoms. The Bertz CT molecular complexity index is 373. The highest BCUT2D eigenvalue weighted by atomic mass is 15.3. The van der Waals surface area contributed by atoms with Crippen LogP contribution in [-0.2, 0) is 0 Å². The van der Waals surface area contributed by atoms with Crippen LogP contribution in [0.4, 0.5) is 11.6 Å². The van der Waals surface area contributed by atoms with Crippen LogP contribution in [0.25, 0.3) is 0 Å². The minimum Gasteiger partial charge on any atom is -0.370 e. The molecule has 5 nitrogen and oxygen atoms in total. The summed E-state index contributed by atoms with van der Waals surface area (Å²) in [6, 6.07) is 1.85. The summed E-state index contributed by atoms with van der Waals surface area (Å²) in [5, 5.41) is 3.33. The molecule has 17 heavy (non-hydrogen) atoms. The zero-order valence-electron chi connectivity index (χ0n) is 10.5. The molecule has 0 aliphatic heterocycles. The Balaban J connectivity index is 2.01. The van der Waals surface area contributed by atoms with Gasteiger partial charge in [-0.15, -0.1) is 0 Å². The molecule has 0 aromatic carbocycles. The van der Waals surface area contributed by atoms with E-state index < -0.39 is 0 Å². The molecule has 0 amide bonds. The van der Waals surface area contributed by atoms with Crippen molar-refractivity contribution in [2.24, 2.45) is 11.8 Å². The summed E-state index contributed by atoms with van der Waals surface area (Å²) in [6.45, 7) is 5.36. The fourth-order valence-corrected chi connectivity index (χ4v) is 1.64. The predicted octanol–water partition coefficient (Wildman–Crippen LogP) is 2.10. The maximum absolute atomic E-state index is 5.42. The van der Waals surface area contributed by atoms with Crippen molar-refractivity contribution in [3.05, 3.63) is 11.9 Å². The molecule has 1 aliphatic rings. The highest BCUT2D eigenvalue weighted by Crippen LogP contribution is 2.38. The molecular formula is C12H21N5. The molecule has 0 unspecified atom stereocenters. The van der Waals surface area contributed by atoms with Crippen molar-refractivity contribution in [1.82, 2.24) is 9.97 Å². The molecule has 4 N–H and O–H groups in total. The molecule has 1 fully saturated rings. The lowest BCUT2D eigenvalue weighted by Gasteiger charge is -2.10. The van der Waals surface area contributed by atoms with Gasteiger partial charge in [-0.1, -0.05) is 13.8 Å². The smallest absolute Gasteiger partial charge is 0.145 e. The van der Waals surface area contributed by atoms with Crippen molar-refractivity contribution in [1.29, 1.82) is 0 Å². The van der Waals surface area contributed by atoms with Gasteiger partial charge in [-0.2, -0.15) is 0 Å². The lowest BCUT2D eigenvalue weighted by molar-refractivity contribution is 0.606. The SMILES string of the molecule is CC(C)CCNc1cc(NN)nc(C2CC2)n1. The molecule has 0 spiro atoms. The summed E-state index contributed by atoms with van der Waals surface area (Å²) in [5.74, 6) is 9.12. The zero-order chi connectivity index (χ0) is 12.3. The van der Waals surface area contributed by atoms with Gasteiger partial charge in [0.2, 0.25) is 0 Å². The van der Waals surface area contributed by atoms with Crippen molar-refractivity contribution < 1.29 is 0 Å². The number of hydrazine groups is 1. The monoisotopic (exact) mass is 235 g/mol. The van der Waals surface area contributed by atoms with Crippen LogP contribution in [-0.4, -0.2) is 16.5 Å². The summed E-state index contributed by atoms with van der Waals surface area (Å²) in [6.07, 6.45) is 3.52. The quantitative estimate of drug-likeness (QED) is 0.520. The van der Waals surface area contributed by atoms with Crippen LogP contribution in [0.2, 0.25) is 0 Å². The molecular weight excluding hydrogens is 214 g/mol. The lowest BCUT2D eigenvalue weighted by Crippen LogP contribution is -2.13. The average molecular weight is 235 g/mol. The van der Waals surface area contributed by atoms with E-state index in [9.17, 15) is 0 Å². The highest BCUT2D eigenvalue weighted by molar-refractivity contribution is 5.47. The van der Waals surface area contributed by atoms with Crippen LogP contribution in [0, 0.1) is 5.92 Å². The van der Waals surface area contributed by atoms with Crippen LogP contribution in [0.15, 0.2) is 6.07 Å². The number of nitrogens with zero attached hydrogens (tertiary/aromatic N) is 2. The van der Waals surface area contributed by atoms with E-state index >= 15 is 0 Å². The number of aromatic nitrogens is 2. The molecule has 0 radical (unpaired) electrons.